The molecule has 0 aliphatic carbocycles. The van der Waals surface area contributed by atoms with Gasteiger partial charge in [-0.1, -0.05) is 0 Å². The molecule has 0 unspecified atom stereocenters. The van der Waals surface area contributed by atoms with Crippen LogP contribution in [0, 0.1) is 5.82 Å². The molecule has 0 heterocycles. The minimum atomic E-state index is -1.67. The molecule has 2 N–H and O–H groups in total. The van der Waals surface area contributed by atoms with Crippen molar-refractivity contribution in [2.45, 2.75) is 13.2 Å². The number of hydrogen-bond acceptors (Lipinski definition) is 3. The molecule has 0 aliphatic rings. The van der Waals surface area contributed by atoms with Crippen molar-refractivity contribution in [3.05, 3.63) is 29.6 Å². The van der Waals surface area contributed by atoms with E-state index in [1.807, 2.05) is 0 Å². The second-order valence-corrected chi connectivity index (χ2v) is 2.53. The van der Waals surface area contributed by atoms with Crippen LogP contribution in [0.1, 0.15) is 18.8 Å². The molecule has 3 nitrogen and oxygen atoms in total. The van der Waals surface area contributed by atoms with Gasteiger partial charge in [-0.25, -0.2) is 4.39 Å². The lowest BCUT2D eigenvalue weighted by Crippen LogP contribution is -1.98. The Labute approximate surface area is 75.4 Å². The van der Waals surface area contributed by atoms with E-state index < -0.39 is 12.1 Å². The fraction of sp³-hybridized carbons (Fsp3) is 0.333. The zero-order chi connectivity index (χ0) is 9.84. The maximum Gasteiger partial charge on any atom is 0.178 e. The number of ether oxygens (including phenoxy) is 1. The molecule has 0 saturated heterocycles. The third kappa shape index (κ3) is 2.68. The zero-order valence-corrected chi connectivity index (χ0v) is 7.20. The Hall–Kier alpha value is -1.13. The summed E-state index contributed by atoms with van der Waals surface area (Å²) in [4.78, 5) is 0. The van der Waals surface area contributed by atoms with Crippen molar-refractivity contribution in [2.75, 3.05) is 6.61 Å². The van der Waals surface area contributed by atoms with E-state index in [1.54, 1.807) is 6.92 Å². The lowest BCUT2D eigenvalue weighted by Gasteiger charge is -2.07. The first-order chi connectivity index (χ1) is 6.13. The summed E-state index contributed by atoms with van der Waals surface area (Å²) in [5.74, 6) is -0.250. The van der Waals surface area contributed by atoms with E-state index in [2.05, 4.69) is 0 Å². The van der Waals surface area contributed by atoms with Crippen LogP contribution in [0.15, 0.2) is 18.2 Å². The molecule has 0 saturated carbocycles. The highest BCUT2D eigenvalue weighted by atomic mass is 19.1. The summed E-state index contributed by atoms with van der Waals surface area (Å²) >= 11 is 0. The summed E-state index contributed by atoms with van der Waals surface area (Å²) < 4.78 is 17.8. The average molecular weight is 186 g/mol. The van der Waals surface area contributed by atoms with Gasteiger partial charge in [-0.2, -0.15) is 0 Å². The Bertz CT molecular complexity index is 286. The first kappa shape index (κ1) is 9.95. The highest BCUT2D eigenvalue weighted by Gasteiger charge is 2.06. The third-order valence-electron chi connectivity index (χ3n) is 1.50. The fourth-order valence-electron chi connectivity index (χ4n) is 0.983. The molecule has 1 aromatic rings. The molecule has 72 valence electrons. The van der Waals surface area contributed by atoms with Gasteiger partial charge in [0.05, 0.1) is 6.61 Å². The predicted molar refractivity (Wildman–Crippen MR) is 44.7 cm³/mol. The van der Waals surface area contributed by atoms with Crippen LogP contribution >= 0.6 is 0 Å². The van der Waals surface area contributed by atoms with Crippen LogP contribution in [0.25, 0.3) is 0 Å². The second kappa shape index (κ2) is 4.20. The maximum atomic E-state index is 12.8. The van der Waals surface area contributed by atoms with E-state index in [4.69, 9.17) is 14.9 Å². The third-order valence-corrected chi connectivity index (χ3v) is 1.50. The van der Waals surface area contributed by atoms with Gasteiger partial charge in [0.1, 0.15) is 11.6 Å². The van der Waals surface area contributed by atoms with Crippen LogP contribution in [0.4, 0.5) is 4.39 Å². The first-order valence-corrected chi connectivity index (χ1v) is 3.93. The van der Waals surface area contributed by atoms with Crippen LogP contribution in [-0.2, 0) is 0 Å². The number of hydrogen-bond donors (Lipinski definition) is 2. The molecule has 0 fully saturated rings. The largest absolute Gasteiger partial charge is 0.494 e. The highest BCUT2D eigenvalue weighted by molar-refractivity contribution is 5.30. The number of aliphatic hydroxyl groups excluding tert-OH is 1. The number of rotatable bonds is 3. The van der Waals surface area contributed by atoms with Crippen molar-refractivity contribution in [2.24, 2.45) is 0 Å². The average Bonchev–Trinajstić information content (AvgIpc) is 2.03. The van der Waals surface area contributed by atoms with Gasteiger partial charge in [-0.3, -0.25) is 0 Å². The minimum Gasteiger partial charge on any atom is -0.494 e. The van der Waals surface area contributed by atoms with Crippen LogP contribution < -0.4 is 4.74 Å². The van der Waals surface area contributed by atoms with Crippen LogP contribution in [-0.4, -0.2) is 16.8 Å². The molecular weight excluding hydrogens is 175 g/mol. The number of aliphatic hydroxyl groups is 2. The molecule has 1 aromatic carbocycles. The highest BCUT2D eigenvalue weighted by Crippen LogP contribution is 2.20. The molecule has 1 rings (SSSR count). The van der Waals surface area contributed by atoms with Crippen molar-refractivity contribution < 1.29 is 19.3 Å². The monoisotopic (exact) mass is 186 g/mol. The lowest BCUT2D eigenvalue weighted by molar-refractivity contribution is -0.0428. The van der Waals surface area contributed by atoms with E-state index in [-0.39, 0.29) is 5.56 Å². The second-order valence-electron chi connectivity index (χ2n) is 2.53. The molecule has 0 radical (unpaired) electrons. The van der Waals surface area contributed by atoms with E-state index >= 15 is 0 Å². The van der Waals surface area contributed by atoms with Crippen molar-refractivity contribution in [3.8, 4) is 5.75 Å². The molecule has 4 heteroatoms. The number of halogens is 1. The van der Waals surface area contributed by atoms with E-state index in [0.29, 0.717) is 12.4 Å². The van der Waals surface area contributed by atoms with Gasteiger partial charge in [0.15, 0.2) is 6.29 Å². The Kier molecular flexibility index (Phi) is 3.22. The zero-order valence-electron chi connectivity index (χ0n) is 7.20. The van der Waals surface area contributed by atoms with Gasteiger partial charge < -0.3 is 14.9 Å². The van der Waals surface area contributed by atoms with Gasteiger partial charge in [-0.15, -0.1) is 0 Å². The van der Waals surface area contributed by atoms with Crippen molar-refractivity contribution in [3.63, 3.8) is 0 Å². The molecule has 0 bridgehead atoms. The SMILES string of the molecule is CCOc1cc(F)cc(C(O)O)c1. The van der Waals surface area contributed by atoms with Crippen LogP contribution in [0.3, 0.4) is 0 Å². The van der Waals surface area contributed by atoms with Crippen molar-refractivity contribution >= 4 is 0 Å². The summed E-state index contributed by atoms with van der Waals surface area (Å²) in [6.07, 6.45) is -1.67. The summed E-state index contributed by atoms with van der Waals surface area (Å²) in [7, 11) is 0. The van der Waals surface area contributed by atoms with E-state index in [0.717, 1.165) is 6.07 Å². The van der Waals surface area contributed by atoms with E-state index in [1.165, 1.54) is 12.1 Å². The van der Waals surface area contributed by atoms with Gasteiger partial charge in [0, 0.05) is 11.6 Å². The van der Waals surface area contributed by atoms with Crippen molar-refractivity contribution in [1.82, 2.24) is 0 Å². The Balaban J connectivity index is 2.96. The first-order valence-electron chi connectivity index (χ1n) is 3.93. The van der Waals surface area contributed by atoms with E-state index in [9.17, 15) is 4.39 Å². The Morgan fingerprint density at radius 1 is 1.38 bits per heavy atom. The molecule has 0 amide bonds. The maximum absolute atomic E-state index is 12.8. The van der Waals surface area contributed by atoms with Crippen molar-refractivity contribution in [1.29, 1.82) is 0 Å². The Morgan fingerprint density at radius 2 is 2.08 bits per heavy atom. The van der Waals surface area contributed by atoms with Gasteiger partial charge in [0.2, 0.25) is 0 Å². The van der Waals surface area contributed by atoms with Gasteiger partial charge >= 0.3 is 0 Å². The van der Waals surface area contributed by atoms with Gasteiger partial charge in [-0.05, 0) is 19.1 Å². The predicted octanol–water partition coefficient (Wildman–Crippen LogP) is 1.21. The van der Waals surface area contributed by atoms with Crippen LogP contribution in [0.5, 0.6) is 5.75 Å². The van der Waals surface area contributed by atoms with Gasteiger partial charge in [0.25, 0.3) is 0 Å². The molecule has 0 aromatic heterocycles. The summed E-state index contributed by atoms with van der Waals surface area (Å²) in [5, 5.41) is 17.5. The molecule has 0 spiro atoms. The summed E-state index contributed by atoms with van der Waals surface area (Å²) in [5.41, 5.74) is 0.0865. The Morgan fingerprint density at radius 3 is 2.62 bits per heavy atom. The van der Waals surface area contributed by atoms with Crippen LogP contribution in [0.2, 0.25) is 0 Å². The smallest absolute Gasteiger partial charge is 0.178 e. The summed E-state index contributed by atoms with van der Waals surface area (Å²) in [6, 6.07) is 3.62. The lowest BCUT2D eigenvalue weighted by atomic mass is 10.2. The minimum absolute atomic E-state index is 0.0865. The molecular formula is C9H11FO3. The molecule has 0 atom stereocenters. The molecule has 13 heavy (non-hydrogen) atoms. The number of benzene rings is 1. The quantitative estimate of drug-likeness (QED) is 0.697. The standard InChI is InChI=1S/C9H11FO3/c1-2-13-8-4-6(9(11)12)3-7(10)5-8/h3-5,9,11-12H,2H2,1H3. The molecule has 0 aliphatic heterocycles. The summed E-state index contributed by atoms with van der Waals surface area (Å²) in [6.45, 7) is 2.17. The topological polar surface area (TPSA) is 49.7 Å². The normalized spacial score (nSPS) is 10.5. The fourth-order valence-corrected chi connectivity index (χ4v) is 0.983.